The number of nitrogens with zero attached hydrogens (tertiary/aromatic N) is 2. The van der Waals surface area contributed by atoms with Gasteiger partial charge in [0.1, 0.15) is 6.10 Å². The zero-order chi connectivity index (χ0) is 27.0. The number of hydrazine groups is 1. The van der Waals surface area contributed by atoms with Crippen molar-refractivity contribution in [2.75, 3.05) is 26.8 Å². The average molecular weight is 533 g/mol. The van der Waals surface area contributed by atoms with Gasteiger partial charge in [-0.3, -0.25) is 10.4 Å². The molecule has 0 unspecified atom stereocenters. The number of alkyl carbamates (subject to hydrolysis) is 1. The number of carbonyl (C=O) groups excluding carboxylic acids is 1. The van der Waals surface area contributed by atoms with Gasteiger partial charge < -0.3 is 24.6 Å². The van der Waals surface area contributed by atoms with Crippen LogP contribution in [0.3, 0.4) is 0 Å². The standard InChI is InChI=1S/C30H36N4O5/c1-31-34(18-22-10-12-23(13-11-22)25-9-5-6-15-32-25)19-27(35)26(17-21-7-3-2-4-8-21)33-30(36)39-28-20-38-29-24(28)14-16-37-29/h2-13,15,24,26-29,31,35H,14,16-20H2,1H3,(H,33,36)/t24-,26-,27-,28-,29+/m0/s1. The van der Waals surface area contributed by atoms with Gasteiger partial charge in [-0.05, 0) is 43.1 Å². The predicted molar refractivity (Wildman–Crippen MR) is 146 cm³/mol. The van der Waals surface area contributed by atoms with Gasteiger partial charge in [0.2, 0.25) is 0 Å². The molecule has 1 aromatic heterocycles. The maximum Gasteiger partial charge on any atom is 0.407 e. The number of aliphatic hydroxyl groups excluding tert-OH is 1. The molecule has 9 nitrogen and oxygen atoms in total. The van der Waals surface area contributed by atoms with E-state index in [1.807, 2.05) is 72.7 Å². The predicted octanol–water partition coefficient (Wildman–Crippen LogP) is 3.14. The second kappa shape index (κ2) is 13.1. The molecule has 3 N–H and O–H groups in total. The number of aromatic nitrogens is 1. The first-order valence-corrected chi connectivity index (χ1v) is 13.4. The molecule has 3 aromatic rings. The third-order valence-corrected chi connectivity index (χ3v) is 7.32. The summed E-state index contributed by atoms with van der Waals surface area (Å²) in [5.74, 6) is 0.0529. The molecule has 2 fully saturated rings. The minimum atomic E-state index is -0.861. The highest BCUT2D eigenvalue weighted by Gasteiger charge is 2.44. The number of benzene rings is 2. The van der Waals surface area contributed by atoms with Crippen LogP contribution in [0.4, 0.5) is 4.79 Å². The highest BCUT2D eigenvalue weighted by molar-refractivity contribution is 5.68. The Balaban J connectivity index is 1.21. The molecule has 2 saturated heterocycles. The van der Waals surface area contributed by atoms with Crippen molar-refractivity contribution in [3.8, 4) is 11.3 Å². The van der Waals surface area contributed by atoms with Crippen LogP contribution in [0.15, 0.2) is 79.0 Å². The van der Waals surface area contributed by atoms with E-state index in [2.05, 4.69) is 27.9 Å². The van der Waals surface area contributed by atoms with Crippen LogP contribution < -0.4 is 10.7 Å². The minimum absolute atomic E-state index is 0.0529. The molecule has 0 saturated carbocycles. The molecule has 3 heterocycles. The molecule has 206 valence electrons. The van der Waals surface area contributed by atoms with Crippen molar-refractivity contribution in [1.82, 2.24) is 20.7 Å². The quantitative estimate of drug-likeness (QED) is 0.324. The Labute approximate surface area is 229 Å². The highest BCUT2D eigenvalue weighted by atomic mass is 16.7. The van der Waals surface area contributed by atoms with E-state index >= 15 is 0 Å². The summed E-state index contributed by atoms with van der Waals surface area (Å²) < 4.78 is 16.8. The van der Waals surface area contributed by atoms with Crippen molar-refractivity contribution in [3.63, 3.8) is 0 Å². The normalized spacial score (nSPS) is 21.9. The van der Waals surface area contributed by atoms with E-state index in [0.717, 1.165) is 28.8 Å². The maximum absolute atomic E-state index is 12.9. The van der Waals surface area contributed by atoms with Gasteiger partial charge in [0.05, 0.1) is 37.0 Å². The Morgan fingerprint density at radius 3 is 2.62 bits per heavy atom. The molecule has 39 heavy (non-hydrogen) atoms. The molecule has 0 bridgehead atoms. The average Bonchev–Trinajstić information content (AvgIpc) is 3.59. The number of amides is 1. The Bertz CT molecular complexity index is 1180. The lowest BCUT2D eigenvalue weighted by atomic mass is 10.0. The van der Waals surface area contributed by atoms with E-state index in [-0.39, 0.29) is 18.3 Å². The Hall–Kier alpha value is -3.34. The van der Waals surface area contributed by atoms with Gasteiger partial charge in [-0.1, -0.05) is 60.7 Å². The number of ether oxygens (including phenoxy) is 3. The number of carbonyl (C=O) groups is 1. The Morgan fingerprint density at radius 2 is 1.87 bits per heavy atom. The number of nitrogens with one attached hydrogen (secondary N) is 2. The number of fused-ring (bicyclic) bond motifs is 1. The van der Waals surface area contributed by atoms with E-state index in [1.165, 1.54) is 0 Å². The lowest BCUT2D eigenvalue weighted by Gasteiger charge is -2.30. The summed E-state index contributed by atoms with van der Waals surface area (Å²) in [6.45, 7) is 1.79. The second-order valence-electron chi connectivity index (χ2n) is 9.99. The number of rotatable bonds is 11. The third kappa shape index (κ3) is 7.20. The lowest BCUT2D eigenvalue weighted by Crippen LogP contribution is -2.52. The zero-order valence-corrected chi connectivity index (χ0v) is 22.1. The number of pyridine rings is 1. The van der Waals surface area contributed by atoms with Gasteiger partial charge >= 0.3 is 6.09 Å². The SMILES string of the molecule is CNN(Cc1ccc(-c2ccccn2)cc1)C[C@H](O)[C@H](Cc1ccccc1)NC(=O)O[C@H]1CO[C@H]2OCC[C@H]21. The molecule has 9 heteroatoms. The molecule has 2 aromatic carbocycles. The molecule has 5 rings (SSSR count). The molecular formula is C30H36N4O5. The summed E-state index contributed by atoms with van der Waals surface area (Å²) in [6.07, 6.45) is 0.982. The first-order chi connectivity index (χ1) is 19.1. The summed E-state index contributed by atoms with van der Waals surface area (Å²) in [4.78, 5) is 17.3. The van der Waals surface area contributed by atoms with Gasteiger partial charge in [-0.2, -0.15) is 0 Å². The van der Waals surface area contributed by atoms with Crippen molar-refractivity contribution in [2.24, 2.45) is 5.92 Å². The molecule has 5 atom stereocenters. The van der Waals surface area contributed by atoms with E-state index in [9.17, 15) is 9.90 Å². The largest absolute Gasteiger partial charge is 0.443 e. The molecule has 1 amide bonds. The Kier molecular flexibility index (Phi) is 9.18. The number of hydrogen-bond acceptors (Lipinski definition) is 8. The van der Waals surface area contributed by atoms with Gasteiger partial charge in [-0.25, -0.2) is 9.80 Å². The van der Waals surface area contributed by atoms with E-state index in [4.69, 9.17) is 14.2 Å². The minimum Gasteiger partial charge on any atom is -0.443 e. The van der Waals surface area contributed by atoms with Crippen LogP contribution in [0.5, 0.6) is 0 Å². The zero-order valence-electron chi connectivity index (χ0n) is 22.1. The first-order valence-electron chi connectivity index (χ1n) is 13.4. The van der Waals surface area contributed by atoms with E-state index in [0.29, 0.717) is 32.7 Å². The van der Waals surface area contributed by atoms with Crippen LogP contribution in [-0.2, 0) is 27.2 Å². The molecular weight excluding hydrogens is 496 g/mol. The smallest absolute Gasteiger partial charge is 0.407 e. The Morgan fingerprint density at radius 1 is 1.08 bits per heavy atom. The second-order valence-corrected chi connectivity index (χ2v) is 9.99. The molecule has 0 radical (unpaired) electrons. The molecule has 2 aliphatic rings. The fourth-order valence-corrected chi connectivity index (χ4v) is 5.14. The van der Waals surface area contributed by atoms with Crippen molar-refractivity contribution in [3.05, 3.63) is 90.1 Å². The molecule has 0 spiro atoms. The third-order valence-electron chi connectivity index (χ3n) is 7.32. The van der Waals surface area contributed by atoms with Crippen LogP contribution in [0.2, 0.25) is 0 Å². The maximum atomic E-state index is 12.9. The number of aliphatic hydroxyl groups is 1. The summed E-state index contributed by atoms with van der Waals surface area (Å²) in [7, 11) is 1.82. The monoisotopic (exact) mass is 532 g/mol. The van der Waals surface area contributed by atoms with Crippen molar-refractivity contribution in [1.29, 1.82) is 0 Å². The first kappa shape index (κ1) is 27.2. The fourth-order valence-electron chi connectivity index (χ4n) is 5.14. The summed E-state index contributed by atoms with van der Waals surface area (Å²) in [5, 5.41) is 16.1. The van der Waals surface area contributed by atoms with Crippen LogP contribution in [0, 0.1) is 5.92 Å². The molecule has 0 aliphatic carbocycles. The highest BCUT2D eigenvalue weighted by Crippen LogP contribution is 2.33. The van der Waals surface area contributed by atoms with Crippen molar-refractivity contribution in [2.45, 2.75) is 43.9 Å². The summed E-state index contributed by atoms with van der Waals surface area (Å²) >= 11 is 0. The van der Waals surface area contributed by atoms with Crippen molar-refractivity contribution < 1.29 is 24.1 Å². The van der Waals surface area contributed by atoms with E-state index in [1.54, 1.807) is 6.20 Å². The van der Waals surface area contributed by atoms with Gasteiger partial charge in [0.15, 0.2) is 6.29 Å². The van der Waals surface area contributed by atoms with Gasteiger partial charge in [0.25, 0.3) is 0 Å². The topological polar surface area (TPSA) is 105 Å². The summed E-state index contributed by atoms with van der Waals surface area (Å²) in [6, 6.07) is 23.3. The van der Waals surface area contributed by atoms with Crippen LogP contribution in [-0.4, -0.2) is 72.5 Å². The van der Waals surface area contributed by atoms with Crippen molar-refractivity contribution >= 4 is 6.09 Å². The summed E-state index contributed by atoms with van der Waals surface area (Å²) in [5.41, 5.74) is 7.23. The van der Waals surface area contributed by atoms with Gasteiger partial charge in [0, 0.05) is 24.8 Å². The van der Waals surface area contributed by atoms with Gasteiger partial charge in [-0.15, -0.1) is 0 Å². The van der Waals surface area contributed by atoms with E-state index < -0.39 is 18.2 Å². The lowest BCUT2D eigenvalue weighted by molar-refractivity contribution is -0.0907. The van der Waals surface area contributed by atoms with Crippen LogP contribution >= 0.6 is 0 Å². The number of hydrogen-bond donors (Lipinski definition) is 3. The fraction of sp³-hybridized carbons (Fsp3) is 0.400. The van der Waals surface area contributed by atoms with Crippen LogP contribution in [0.25, 0.3) is 11.3 Å². The van der Waals surface area contributed by atoms with Crippen LogP contribution in [0.1, 0.15) is 17.5 Å². The molecule has 2 aliphatic heterocycles.